The third-order valence-electron chi connectivity index (χ3n) is 2.03. The lowest BCUT2D eigenvalue weighted by Crippen LogP contribution is -2.33. The first-order valence-electron chi connectivity index (χ1n) is 4.76. The van der Waals surface area contributed by atoms with Crippen molar-refractivity contribution in [2.75, 3.05) is 26.0 Å². The van der Waals surface area contributed by atoms with Crippen LogP contribution < -0.4 is 0 Å². The van der Waals surface area contributed by atoms with Crippen LogP contribution in [-0.4, -0.2) is 41.9 Å². The molecule has 0 bridgehead atoms. The minimum atomic E-state index is -0.174. The van der Waals surface area contributed by atoms with Gasteiger partial charge in [0, 0.05) is 13.1 Å². The first-order valence-corrected chi connectivity index (χ1v) is 5.99. The number of carbonyl (C=O) groups excluding carboxylic acids is 1. The van der Waals surface area contributed by atoms with E-state index in [1.807, 2.05) is 13.2 Å². The van der Waals surface area contributed by atoms with E-state index in [4.69, 9.17) is 9.52 Å². The number of likely N-dealkylation sites (N-methyl/N-ethyl adjacent to an activating group) is 1. The number of aliphatic hydroxyl groups is 1. The smallest absolute Gasteiger partial charge is 0.289 e. The molecule has 0 aliphatic rings. The molecule has 15 heavy (non-hydrogen) atoms. The quantitative estimate of drug-likeness (QED) is 0.777. The summed E-state index contributed by atoms with van der Waals surface area (Å²) in [6.07, 6.45) is 1.89. The maximum Gasteiger partial charge on any atom is 0.289 e. The fraction of sp³-hybridized carbons (Fsp3) is 0.500. The summed E-state index contributed by atoms with van der Waals surface area (Å²) in [4.78, 5) is 13.4. The number of thioether (sulfide) groups is 1. The SMILES string of the molecule is CCN(CCO)C(=O)c1ccc(SC)o1. The summed E-state index contributed by atoms with van der Waals surface area (Å²) in [5, 5.41) is 9.51. The molecule has 0 aromatic carbocycles. The molecule has 4 nitrogen and oxygen atoms in total. The van der Waals surface area contributed by atoms with Crippen LogP contribution in [0.25, 0.3) is 0 Å². The Kier molecular flexibility index (Phi) is 4.71. The molecule has 0 spiro atoms. The number of nitrogens with zero attached hydrogens (tertiary/aromatic N) is 1. The second kappa shape index (κ2) is 5.82. The van der Waals surface area contributed by atoms with Gasteiger partial charge in [-0.05, 0) is 25.3 Å². The van der Waals surface area contributed by atoms with Gasteiger partial charge < -0.3 is 14.4 Å². The Bertz CT molecular complexity index is 324. The topological polar surface area (TPSA) is 53.7 Å². The van der Waals surface area contributed by atoms with Crippen molar-refractivity contribution >= 4 is 17.7 Å². The molecule has 0 atom stereocenters. The molecule has 0 fully saturated rings. The van der Waals surface area contributed by atoms with E-state index in [1.54, 1.807) is 17.0 Å². The zero-order valence-electron chi connectivity index (χ0n) is 8.90. The van der Waals surface area contributed by atoms with Crippen molar-refractivity contribution in [3.63, 3.8) is 0 Å². The lowest BCUT2D eigenvalue weighted by molar-refractivity contribution is 0.0695. The highest BCUT2D eigenvalue weighted by atomic mass is 32.2. The van der Waals surface area contributed by atoms with Crippen molar-refractivity contribution in [3.05, 3.63) is 17.9 Å². The molecular weight excluding hydrogens is 214 g/mol. The van der Waals surface area contributed by atoms with Crippen LogP contribution in [0.1, 0.15) is 17.5 Å². The number of hydrogen-bond donors (Lipinski definition) is 1. The van der Waals surface area contributed by atoms with E-state index in [-0.39, 0.29) is 12.5 Å². The Morgan fingerprint density at radius 2 is 2.33 bits per heavy atom. The van der Waals surface area contributed by atoms with Crippen LogP contribution in [0.4, 0.5) is 0 Å². The van der Waals surface area contributed by atoms with Crippen molar-refractivity contribution in [1.82, 2.24) is 4.90 Å². The molecule has 0 aliphatic carbocycles. The summed E-state index contributed by atoms with van der Waals surface area (Å²) in [5.41, 5.74) is 0. The summed E-state index contributed by atoms with van der Waals surface area (Å²) in [5.74, 6) is 0.154. The Labute approximate surface area is 93.3 Å². The summed E-state index contributed by atoms with van der Waals surface area (Å²) >= 11 is 1.45. The number of rotatable bonds is 5. The van der Waals surface area contributed by atoms with E-state index in [2.05, 4.69) is 0 Å². The van der Waals surface area contributed by atoms with Gasteiger partial charge in [-0.25, -0.2) is 0 Å². The minimum Gasteiger partial charge on any atom is -0.445 e. The van der Waals surface area contributed by atoms with Crippen LogP contribution in [0.5, 0.6) is 0 Å². The molecule has 1 N–H and O–H groups in total. The van der Waals surface area contributed by atoms with Crippen LogP contribution in [0, 0.1) is 0 Å². The van der Waals surface area contributed by atoms with E-state index in [0.717, 1.165) is 5.09 Å². The Hall–Kier alpha value is -0.940. The first-order chi connectivity index (χ1) is 7.22. The molecule has 0 aliphatic heterocycles. The monoisotopic (exact) mass is 229 g/mol. The molecular formula is C10H15NO3S. The minimum absolute atomic E-state index is 0.0321. The molecule has 1 aromatic rings. The standard InChI is InChI=1S/C10H15NO3S/c1-3-11(6-7-12)10(13)8-4-5-9(14-8)15-2/h4-5,12H,3,6-7H2,1-2H3. The lowest BCUT2D eigenvalue weighted by Gasteiger charge is -2.17. The molecule has 0 unspecified atom stereocenters. The van der Waals surface area contributed by atoms with Gasteiger partial charge in [-0.3, -0.25) is 4.79 Å². The average molecular weight is 229 g/mol. The number of carbonyl (C=O) groups is 1. The molecule has 1 amide bonds. The third-order valence-corrected chi connectivity index (χ3v) is 2.65. The van der Waals surface area contributed by atoms with Crippen LogP contribution in [0.3, 0.4) is 0 Å². The molecule has 5 heteroatoms. The van der Waals surface area contributed by atoms with Gasteiger partial charge in [-0.2, -0.15) is 0 Å². The van der Waals surface area contributed by atoms with Gasteiger partial charge in [0.05, 0.1) is 6.61 Å². The molecule has 1 rings (SSSR count). The van der Waals surface area contributed by atoms with Crippen molar-refractivity contribution in [1.29, 1.82) is 0 Å². The second-order valence-electron chi connectivity index (χ2n) is 2.93. The lowest BCUT2D eigenvalue weighted by atomic mass is 10.3. The normalized spacial score (nSPS) is 10.3. The zero-order valence-corrected chi connectivity index (χ0v) is 9.71. The summed E-state index contributed by atoms with van der Waals surface area (Å²) in [6, 6.07) is 3.43. The number of hydrogen-bond acceptors (Lipinski definition) is 4. The van der Waals surface area contributed by atoms with Crippen molar-refractivity contribution in [2.45, 2.75) is 12.0 Å². The summed E-state index contributed by atoms with van der Waals surface area (Å²) in [6.45, 7) is 2.74. The second-order valence-corrected chi connectivity index (χ2v) is 3.74. The maximum atomic E-state index is 11.8. The number of furan rings is 1. The zero-order chi connectivity index (χ0) is 11.3. The highest BCUT2D eigenvalue weighted by Crippen LogP contribution is 2.18. The largest absolute Gasteiger partial charge is 0.445 e. The first kappa shape index (κ1) is 12.1. The van der Waals surface area contributed by atoms with Crippen LogP contribution >= 0.6 is 11.8 Å². The molecule has 1 aromatic heterocycles. The third kappa shape index (κ3) is 3.00. The van der Waals surface area contributed by atoms with E-state index in [9.17, 15) is 4.79 Å². The van der Waals surface area contributed by atoms with Gasteiger partial charge in [-0.1, -0.05) is 11.8 Å². The highest BCUT2D eigenvalue weighted by molar-refractivity contribution is 7.98. The van der Waals surface area contributed by atoms with E-state index in [0.29, 0.717) is 18.8 Å². The maximum absolute atomic E-state index is 11.8. The summed E-state index contributed by atoms with van der Waals surface area (Å²) in [7, 11) is 0. The van der Waals surface area contributed by atoms with Gasteiger partial charge in [-0.15, -0.1) is 0 Å². The van der Waals surface area contributed by atoms with Crippen LogP contribution in [0.15, 0.2) is 21.6 Å². The fourth-order valence-corrected chi connectivity index (χ4v) is 1.60. The van der Waals surface area contributed by atoms with E-state index >= 15 is 0 Å². The van der Waals surface area contributed by atoms with Gasteiger partial charge in [0.25, 0.3) is 5.91 Å². The van der Waals surface area contributed by atoms with Crippen LogP contribution in [-0.2, 0) is 0 Å². The van der Waals surface area contributed by atoms with Gasteiger partial charge in [0.2, 0.25) is 0 Å². The highest BCUT2D eigenvalue weighted by Gasteiger charge is 2.17. The number of aliphatic hydroxyl groups excluding tert-OH is 1. The van der Waals surface area contributed by atoms with Gasteiger partial charge >= 0.3 is 0 Å². The fourth-order valence-electron chi connectivity index (χ4n) is 1.22. The van der Waals surface area contributed by atoms with Crippen molar-refractivity contribution < 1.29 is 14.3 Å². The molecule has 1 heterocycles. The molecule has 0 radical (unpaired) electrons. The Balaban J connectivity index is 2.73. The van der Waals surface area contributed by atoms with Crippen molar-refractivity contribution in [2.24, 2.45) is 0 Å². The Morgan fingerprint density at radius 3 is 2.80 bits per heavy atom. The van der Waals surface area contributed by atoms with E-state index < -0.39 is 0 Å². The van der Waals surface area contributed by atoms with Gasteiger partial charge in [0.1, 0.15) is 0 Å². The van der Waals surface area contributed by atoms with Crippen LogP contribution in [0.2, 0.25) is 0 Å². The average Bonchev–Trinajstić information content (AvgIpc) is 2.73. The predicted molar refractivity (Wildman–Crippen MR) is 59.2 cm³/mol. The molecule has 0 saturated carbocycles. The van der Waals surface area contributed by atoms with Gasteiger partial charge in [0.15, 0.2) is 10.9 Å². The van der Waals surface area contributed by atoms with Crippen molar-refractivity contribution in [3.8, 4) is 0 Å². The molecule has 84 valence electrons. The van der Waals surface area contributed by atoms with E-state index in [1.165, 1.54) is 11.8 Å². The summed E-state index contributed by atoms with van der Waals surface area (Å²) < 4.78 is 5.31. The predicted octanol–water partition coefficient (Wildman–Crippen LogP) is 1.46. The Morgan fingerprint density at radius 1 is 1.60 bits per heavy atom. The molecule has 0 saturated heterocycles. The number of amides is 1.